The van der Waals surface area contributed by atoms with Crippen LogP contribution in [0.4, 0.5) is 0 Å². The lowest BCUT2D eigenvalue weighted by Gasteiger charge is -2.26. The van der Waals surface area contributed by atoms with Crippen molar-refractivity contribution in [1.82, 2.24) is 10.2 Å². The highest BCUT2D eigenvalue weighted by atomic mass is 15.2. The minimum absolute atomic E-state index is 0.187. The van der Waals surface area contributed by atoms with Crippen molar-refractivity contribution in [3.05, 3.63) is 0 Å². The molecule has 0 spiro atoms. The van der Waals surface area contributed by atoms with Crippen LogP contribution in [0.2, 0.25) is 0 Å². The van der Waals surface area contributed by atoms with Crippen LogP contribution in [0.3, 0.4) is 0 Å². The van der Waals surface area contributed by atoms with E-state index in [4.69, 9.17) is 17.2 Å². The number of nitrogens with zero attached hydrogens (tertiary/aromatic N) is 1. The lowest BCUT2D eigenvalue weighted by molar-refractivity contribution is 0.249. The van der Waals surface area contributed by atoms with E-state index in [9.17, 15) is 0 Å². The summed E-state index contributed by atoms with van der Waals surface area (Å²) in [6.45, 7) is 10.6. The first kappa shape index (κ1) is 15.8. The molecule has 5 heteroatoms. The molecule has 98 valence electrons. The van der Waals surface area contributed by atoms with Gasteiger partial charge in [-0.25, -0.2) is 0 Å². The van der Waals surface area contributed by atoms with E-state index in [1.54, 1.807) is 0 Å². The summed E-state index contributed by atoms with van der Waals surface area (Å²) < 4.78 is 0. The number of nitrogens with two attached hydrogens (primary N) is 3. The molecule has 0 aromatic rings. The predicted octanol–water partition coefficient (Wildman–Crippen LogP) is -1.08. The molecule has 0 bridgehead atoms. The number of rotatable bonds is 9. The van der Waals surface area contributed by atoms with Gasteiger partial charge >= 0.3 is 0 Å². The standard InChI is InChI=1S/C11H29N5/c1-9(12)6-15-4-5-16(7-10(2)13)8-11(3)14/h9-11,15H,4-8,12-14H2,1-3H3. The van der Waals surface area contributed by atoms with Gasteiger partial charge in [-0.2, -0.15) is 0 Å². The molecule has 0 fully saturated rings. The molecule has 3 unspecified atom stereocenters. The Kier molecular flexibility index (Phi) is 8.78. The maximum absolute atomic E-state index is 5.80. The zero-order valence-corrected chi connectivity index (χ0v) is 10.9. The first-order chi connectivity index (χ1) is 7.41. The zero-order chi connectivity index (χ0) is 12.6. The highest BCUT2D eigenvalue weighted by Crippen LogP contribution is 1.92. The lowest BCUT2D eigenvalue weighted by atomic mass is 10.2. The van der Waals surface area contributed by atoms with E-state index in [1.807, 2.05) is 20.8 Å². The summed E-state index contributed by atoms with van der Waals surface area (Å²) in [6.07, 6.45) is 0. The summed E-state index contributed by atoms with van der Waals surface area (Å²) in [5.41, 5.74) is 17.3. The Hall–Kier alpha value is -0.200. The Bertz CT molecular complexity index is 148. The van der Waals surface area contributed by atoms with Crippen molar-refractivity contribution in [1.29, 1.82) is 0 Å². The fourth-order valence-corrected chi connectivity index (χ4v) is 1.64. The smallest absolute Gasteiger partial charge is 0.0139 e. The highest BCUT2D eigenvalue weighted by molar-refractivity contribution is 4.70. The molecular formula is C11H29N5. The molecule has 0 amide bonds. The molecule has 0 radical (unpaired) electrons. The molecule has 0 aliphatic heterocycles. The Balaban J connectivity index is 3.73. The molecule has 16 heavy (non-hydrogen) atoms. The van der Waals surface area contributed by atoms with Gasteiger partial charge in [0.1, 0.15) is 0 Å². The minimum atomic E-state index is 0.187. The van der Waals surface area contributed by atoms with Gasteiger partial charge in [-0.1, -0.05) is 0 Å². The summed E-state index contributed by atoms with van der Waals surface area (Å²) >= 11 is 0. The van der Waals surface area contributed by atoms with Crippen molar-refractivity contribution in [2.24, 2.45) is 17.2 Å². The van der Waals surface area contributed by atoms with E-state index in [0.29, 0.717) is 0 Å². The highest BCUT2D eigenvalue weighted by Gasteiger charge is 2.09. The first-order valence-electron chi connectivity index (χ1n) is 6.11. The van der Waals surface area contributed by atoms with Crippen molar-refractivity contribution in [2.75, 3.05) is 32.7 Å². The molecule has 0 rings (SSSR count). The second-order valence-corrected chi connectivity index (χ2v) is 4.90. The third-order valence-electron chi connectivity index (χ3n) is 2.16. The summed E-state index contributed by atoms with van der Waals surface area (Å²) in [6, 6.07) is 0.578. The van der Waals surface area contributed by atoms with Crippen molar-refractivity contribution < 1.29 is 0 Å². The maximum Gasteiger partial charge on any atom is 0.0139 e. The third kappa shape index (κ3) is 10.3. The average molecular weight is 231 g/mol. The van der Waals surface area contributed by atoms with Gasteiger partial charge in [0, 0.05) is 50.8 Å². The van der Waals surface area contributed by atoms with E-state index >= 15 is 0 Å². The molecule has 0 aromatic heterocycles. The molecule has 5 nitrogen and oxygen atoms in total. The Labute approximate surface area is 99.7 Å². The molecule has 0 heterocycles. The topological polar surface area (TPSA) is 93.3 Å². The Morgan fingerprint density at radius 3 is 1.81 bits per heavy atom. The summed E-state index contributed by atoms with van der Waals surface area (Å²) in [5.74, 6) is 0. The van der Waals surface area contributed by atoms with E-state index in [0.717, 1.165) is 32.7 Å². The van der Waals surface area contributed by atoms with Crippen molar-refractivity contribution in [3.63, 3.8) is 0 Å². The van der Waals surface area contributed by atoms with Gasteiger partial charge in [0.2, 0.25) is 0 Å². The molecular weight excluding hydrogens is 202 g/mol. The summed E-state index contributed by atoms with van der Waals surface area (Å²) in [4.78, 5) is 2.30. The molecule has 0 aromatic carbocycles. The van der Waals surface area contributed by atoms with Crippen LogP contribution in [0.5, 0.6) is 0 Å². The van der Waals surface area contributed by atoms with Crippen LogP contribution >= 0.6 is 0 Å². The fraction of sp³-hybridized carbons (Fsp3) is 1.00. The van der Waals surface area contributed by atoms with Crippen molar-refractivity contribution in [3.8, 4) is 0 Å². The first-order valence-corrected chi connectivity index (χ1v) is 6.11. The monoisotopic (exact) mass is 231 g/mol. The molecule has 0 aliphatic carbocycles. The molecule has 0 saturated carbocycles. The number of hydrogen-bond donors (Lipinski definition) is 4. The maximum atomic E-state index is 5.80. The lowest BCUT2D eigenvalue weighted by Crippen LogP contribution is -2.45. The fourth-order valence-electron chi connectivity index (χ4n) is 1.64. The quantitative estimate of drug-likeness (QED) is 0.379. The van der Waals surface area contributed by atoms with E-state index in [1.165, 1.54) is 0 Å². The largest absolute Gasteiger partial charge is 0.327 e. The molecule has 0 saturated heterocycles. The number of hydrogen-bond acceptors (Lipinski definition) is 5. The van der Waals surface area contributed by atoms with Crippen LogP contribution in [0.15, 0.2) is 0 Å². The second kappa shape index (κ2) is 8.90. The summed E-state index contributed by atoms with van der Waals surface area (Å²) in [7, 11) is 0. The molecule has 7 N–H and O–H groups in total. The normalized spacial score (nSPS) is 17.4. The zero-order valence-electron chi connectivity index (χ0n) is 10.9. The van der Waals surface area contributed by atoms with Crippen LogP contribution < -0.4 is 22.5 Å². The van der Waals surface area contributed by atoms with Gasteiger partial charge in [0.25, 0.3) is 0 Å². The van der Waals surface area contributed by atoms with Gasteiger partial charge in [0.05, 0.1) is 0 Å². The van der Waals surface area contributed by atoms with E-state index in [-0.39, 0.29) is 18.1 Å². The molecule has 0 aliphatic rings. The second-order valence-electron chi connectivity index (χ2n) is 4.90. The van der Waals surface area contributed by atoms with Gasteiger partial charge in [-0.05, 0) is 20.8 Å². The van der Waals surface area contributed by atoms with Crippen LogP contribution in [0, 0.1) is 0 Å². The van der Waals surface area contributed by atoms with Crippen LogP contribution in [-0.4, -0.2) is 55.7 Å². The van der Waals surface area contributed by atoms with Crippen LogP contribution in [-0.2, 0) is 0 Å². The minimum Gasteiger partial charge on any atom is -0.327 e. The van der Waals surface area contributed by atoms with Gasteiger partial charge in [-0.3, -0.25) is 4.90 Å². The van der Waals surface area contributed by atoms with E-state index < -0.39 is 0 Å². The predicted molar refractivity (Wildman–Crippen MR) is 70.3 cm³/mol. The van der Waals surface area contributed by atoms with Crippen molar-refractivity contribution in [2.45, 2.75) is 38.9 Å². The molecule has 3 atom stereocenters. The van der Waals surface area contributed by atoms with Gasteiger partial charge < -0.3 is 22.5 Å². The Morgan fingerprint density at radius 1 is 0.938 bits per heavy atom. The third-order valence-corrected chi connectivity index (χ3v) is 2.16. The number of nitrogens with one attached hydrogen (secondary N) is 1. The van der Waals surface area contributed by atoms with Crippen LogP contribution in [0.25, 0.3) is 0 Å². The van der Waals surface area contributed by atoms with Gasteiger partial charge in [0.15, 0.2) is 0 Å². The average Bonchev–Trinajstić information content (AvgIpc) is 2.09. The van der Waals surface area contributed by atoms with Crippen molar-refractivity contribution >= 4 is 0 Å². The summed E-state index contributed by atoms with van der Waals surface area (Å²) in [5, 5.41) is 3.31. The SMILES string of the molecule is CC(N)CNCCN(CC(C)N)CC(C)N. The van der Waals surface area contributed by atoms with Crippen LogP contribution in [0.1, 0.15) is 20.8 Å². The Morgan fingerprint density at radius 2 is 1.44 bits per heavy atom. The van der Waals surface area contributed by atoms with Gasteiger partial charge in [-0.15, -0.1) is 0 Å². The van der Waals surface area contributed by atoms with E-state index in [2.05, 4.69) is 10.2 Å².